The van der Waals surface area contributed by atoms with E-state index in [2.05, 4.69) is 43.8 Å². The van der Waals surface area contributed by atoms with Gasteiger partial charge in [-0.1, -0.05) is 13.8 Å². The van der Waals surface area contributed by atoms with Crippen molar-refractivity contribution in [1.29, 1.82) is 5.26 Å². The average molecular weight is 260 g/mol. The van der Waals surface area contributed by atoms with Crippen molar-refractivity contribution in [2.24, 2.45) is 5.92 Å². The van der Waals surface area contributed by atoms with E-state index in [9.17, 15) is 5.26 Å². The van der Waals surface area contributed by atoms with Gasteiger partial charge in [-0.2, -0.15) is 5.26 Å². The molecule has 0 saturated heterocycles. The summed E-state index contributed by atoms with van der Waals surface area (Å²) < 4.78 is 0. The van der Waals surface area contributed by atoms with Gasteiger partial charge in [0.25, 0.3) is 0 Å². The third-order valence-electron chi connectivity index (χ3n) is 2.88. The van der Waals surface area contributed by atoms with Gasteiger partial charge in [-0.15, -0.1) is 0 Å². The SMILES string of the molecule is CC(C)CN(CCN(C)C)c1ccc(N)cc1C#N. The van der Waals surface area contributed by atoms with Crippen LogP contribution in [-0.4, -0.2) is 38.6 Å². The summed E-state index contributed by atoms with van der Waals surface area (Å²) in [5.41, 5.74) is 8.02. The Morgan fingerprint density at radius 1 is 1.26 bits per heavy atom. The fraction of sp³-hybridized carbons (Fsp3) is 0.533. The second-order valence-corrected chi connectivity index (χ2v) is 5.53. The maximum absolute atomic E-state index is 9.26. The molecule has 0 unspecified atom stereocenters. The highest BCUT2D eigenvalue weighted by Gasteiger charge is 2.13. The molecule has 1 aromatic rings. The maximum atomic E-state index is 9.26. The molecule has 4 heteroatoms. The molecule has 0 aliphatic carbocycles. The molecule has 0 saturated carbocycles. The highest BCUT2D eigenvalue weighted by Crippen LogP contribution is 2.23. The normalized spacial score (nSPS) is 10.8. The first-order valence-corrected chi connectivity index (χ1v) is 6.63. The van der Waals surface area contributed by atoms with Crippen molar-refractivity contribution >= 4 is 11.4 Å². The molecule has 2 N–H and O–H groups in total. The molecule has 4 nitrogen and oxygen atoms in total. The van der Waals surface area contributed by atoms with E-state index in [0.717, 1.165) is 25.3 Å². The number of anilines is 2. The zero-order valence-corrected chi connectivity index (χ0v) is 12.3. The quantitative estimate of drug-likeness (QED) is 0.796. The van der Waals surface area contributed by atoms with Gasteiger partial charge in [0, 0.05) is 25.3 Å². The Morgan fingerprint density at radius 3 is 2.47 bits per heavy atom. The first kappa shape index (κ1) is 15.3. The van der Waals surface area contributed by atoms with Crippen molar-refractivity contribution in [2.45, 2.75) is 13.8 Å². The molecular weight excluding hydrogens is 236 g/mol. The number of rotatable bonds is 6. The van der Waals surface area contributed by atoms with Crippen LogP contribution < -0.4 is 10.6 Å². The number of nitriles is 1. The highest BCUT2D eigenvalue weighted by molar-refractivity contribution is 5.64. The smallest absolute Gasteiger partial charge is 0.101 e. The summed E-state index contributed by atoms with van der Waals surface area (Å²) in [6.07, 6.45) is 0. The van der Waals surface area contributed by atoms with Crippen molar-refractivity contribution in [1.82, 2.24) is 4.90 Å². The molecule has 19 heavy (non-hydrogen) atoms. The van der Waals surface area contributed by atoms with Crippen molar-refractivity contribution in [3.05, 3.63) is 23.8 Å². The van der Waals surface area contributed by atoms with Gasteiger partial charge in [0.2, 0.25) is 0 Å². The molecule has 1 aromatic carbocycles. The topological polar surface area (TPSA) is 56.3 Å². The molecule has 0 atom stereocenters. The lowest BCUT2D eigenvalue weighted by atomic mass is 10.1. The van der Waals surface area contributed by atoms with Crippen LogP contribution in [0, 0.1) is 17.2 Å². The Hall–Kier alpha value is -1.73. The third-order valence-corrected chi connectivity index (χ3v) is 2.88. The lowest BCUT2D eigenvalue weighted by molar-refractivity contribution is 0.409. The second kappa shape index (κ2) is 7.01. The van der Waals surface area contributed by atoms with Crippen LogP contribution in [0.3, 0.4) is 0 Å². The zero-order valence-electron chi connectivity index (χ0n) is 12.3. The Morgan fingerprint density at radius 2 is 1.95 bits per heavy atom. The lowest BCUT2D eigenvalue weighted by Gasteiger charge is -2.29. The zero-order chi connectivity index (χ0) is 14.4. The van der Waals surface area contributed by atoms with Gasteiger partial charge in [0.1, 0.15) is 6.07 Å². The number of hydrogen-bond acceptors (Lipinski definition) is 4. The number of likely N-dealkylation sites (N-methyl/N-ethyl adjacent to an activating group) is 1. The van der Waals surface area contributed by atoms with E-state index >= 15 is 0 Å². The minimum Gasteiger partial charge on any atom is -0.399 e. The standard InChI is InChI=1S/C15H24N4/c1-12(2)11-19(8-7-18(3)4)15-6-5-14(17)9-13(15)10-16/h5-6,9,12H,7-8,11,17H2,1-4H3. The Kier molecular flexibility index (Phi) is 5.65. The van der Waals surface area contributed by atoms with E-state index in [1.807, 2.05) is 12.1 Å². The van der Waals surface area contributed by atoms with E-state index in [0.29, 0.717) is 17.2 Å². The van der Waals surface area contributed by atoms with Crippen molar-refractivity contribution in [2.75, 3.05) is 44.4 Å². The molecule has 0 amide bonds. The van der Waals surface area contributed by atoms with Crippen LogP contribution in [0.1, 0.15) is 19.4 Å². The molecule has 0 radical (unpaired) electrons. The molecule has 0 aliphatic heterocycles. The minimum atomic E-state index is 0.547. The molecule has 0 fully saturated rings. The number of nitrogens with zero attached hydrogens (tertiary/aromatic N) is 3. The summed E-state index contributed by atoms with van der Waals surface area (Å²) in [4.78, 5) is 4.42. The number of benzene rings is 1. The first-order valence-electron chi connectivity index (χ1n) is 6.63. The lowest BCUT2D eigenvalue weighted by Crippen LogP contribution is -2.34. The van der Waals surface area contributed by atoms with Gasteiger partial charge in [-0.25, -0.2) is 0 Å². The van der Waals surface area contributed by atoms with Gasteiger partial charge in [-0.3, -0.25) is 0 Å². The van der Waals surface area contributed by atoms with Crippen LogP contribution in [-0.2, 0) is 0 Å². The monoisotopic (exact) mass is 260 g/mol. The van der Waals surface area contributed by atoms with Crippen molar-refractivity contribution in [3.8, 4) is 6.07 Å². The van der Waals surface area contributed by atoms with Crippen LogP contribution in [0.15, 0.2) is 18.2 Å². The van der Waals surface area contributed by atoms with Crippen LogP contribution in [0.5, 0.6) is 0 Å². The van der Waals surface area contributed by atoms with E-state index in [1.54, 1.807) is 6.07 Å². The molecule has 0 heterocycles. The van der Waals surface area contributed by atoms with Crippen LogP contribution in [0.2, 0.25) is 0 Å². The van der Waals surface area contributed by atoms with Gasteiger partial charge < -0.3 is 15.5 Å². The summed E-state index contributed by atoms with van der Waals surface area (Å²) in [5, 5.41) is 9.26. The fourth-order valence-electron chi connectivity index (χ4n) is 1.99. The predicted molar refractivity (Wildman–Crippen MR) is 81.2 cm³/mol. The average Bonchev–Trinajstić information content (AvgIpc) is 2.33. The van der Waals surface area contributed by atoms with E-state index < -0.39 is 0 Å². The van der Waals surface area contributed by atoms with E-state index in [1.165, 1.54) is 0 Å². The molecule has 0 spiro atoms. The second-order valence-electron chi connectivity index (χ2n) is 5.53. The molecule has 0 aromatic heterocycles. The summed E-state index contributed by atoms with van der Waals surface area (Å²) in [5.74, 6) is 0.547. The number of nitrogen functional groups attached to an aromatic ring is 1. The predicted octanol–water partition coefficient (Wildman–Crippen LogP) is 2.16. The summed E-state index contributed by atoms with van der Waals surface area (Å²) >= 11 is 0. The van der Waals surface area contributed by atoms with E-state index in [-0.39, 0.29) is 0 Å². The van der Waals surface area contributed by atoms with E-state index in [4.69, 9.17) is 5.73 Å². The van der Waals surface area contributed by atoms with Gasteiger partial charge in [0.05, 0.1) is 11.3 Å². The third kappa shape index (κ3) is 4.80. The van der Waals surface area contributed by atoms with Gasteiger partial charge in [0.15, 0.2) is 0 Å². The van der Waals surface area contributed by atoms with Gasteiger partial charge in [-0.05, 0) is 38.2 Å². The van der Waals surface area contributed by atoms with Gasteiger partial charge >= 0.3 is 0 Å². The number of hydrogen-bond donors (Lipinski definition) is 1. The summed E-state index contributed by atoms with van der Waals surface area (Å²) in [7, 11) is 4.11. The largest absolute Gasteiger partial charge is 0.399 e. The van der Waals surface area contributed by atoms with Crippen molar-refractivity contribution in [3.63, 3.8) is 0 Å². The minimum absolute atomic E-state index is 0.547. The summed E-state index contributed by atoms with van der Waals surface area (Å²) in [6, 6.07) is 7.80. The molecule has 1 rings (SSSR count). The first-order chi connectivity index (χ1) is 8.93. The Bertz CT molecular complexity index is 446. The molecule has 0 bridgehead atoms. The van der Waals surface area contributed by atoms with Crippen LogP contribution in [0.4, 0.5) is 11.4 Å². The summed E-state index contributed by atoms with van der Waals surface area (Å²) in [6.45, 7) is 7.18. The molecular formula is C15H24N4. The highest BCUT2D eigenvalue weighted by atomic mass is 15.2. The Labute approximate surface area is 116 Å². The van der Waals surface area contributed by atoms with Crippen LogP contribution in [0.25, 0.3) is 0 Å². The van der Waals surface area contributed by atoms with Crippen molar-refractivity contribution < 1.29 is 0 Å². The fourth-order valence-corrected chi connectivity index (χ4v) is 1.99. The number of nitrogens with two attached hydrogens (primary N) is 1. The molecule has 0 aliphatic rings. The maximum Gasteiger partial charge on any atom is 0.101 e. The molecule has 104 valence electrons. The van der Waals surface area contributed by atoms with Crippen LogP contribution >= 0.6 is 0 Å². The Balaban J connectivity index is 2.99.